The van der Waals surface area contributed by atoms with E-state index in [0.29, 0.717) is 18.6 Å². The summed E-state index contributed by atoms with van der Waals surface area (Å²) >= 11 is 0. The van der Waals surface area contributed by atoms with E-state index in [2.05, 4.69) is 10.1 Å². The van der Waals surface area contributed by atoms with Gasteiger partial charge in [-0.2, -0.15) is 18.3 Å². The Labute approximate surface area is 170 Å². The molecule has 1 saturated heterocycles. The monoisotopic (exact) mass is 419 g/mol. The summed E-state index contributed by atoms with van der Waals surface area (Å²) in [5, 5.41) is 4.96. The van der Waals surface area contributed by atoms with Gasteiger partial charge >= 0.3 is 6.18 Å². The smallest absolute Gasteiger partial charge is 0.366 e. The van der Waals surface area contributed by atoms with Crippen molar-refractivity contribution in [2.24, 2.45) is 12.8 Å². The molecule has 3 aromatic rings. The zero-order valence-electron chi connectivity index (χ0n) is 16.2. The summed E-state index contributed by atoms with van der Waals surface area (Å²) in [7, 11) is 1.79. The molecule has 10 heteroatoms. The van der Waals surface area contributed by atoms with E-state index in [1.165, 1.54) is 0 Å². The molecule has 3 heterocycles. The Bertz CT molecular complexity index is 1100. The molecule has 4 rings (SSSR count). The molecule has 1 fully saturated rings. The maximum absolute atomic E-state index is 13.0. The molecule has 0 saturated carbocycles. The summed E-state index contributed by atoms with van der Waals surface area (Å²) in [6, 6.07) is 7.11. The highest BCUT2D eigenvalue weighted by Crippen LogP contribution is 2.30. The number of nitrogens with two attached hydrogens (primary N) is 1. The summed E-state index contributed by atoms with van der Waals surface area (Å²) in [5.74, 6) is -0.659. The number of halogens is 3. The quantitative estimate of drug-likeness (QED) is 0.702. The fraction of sp³-hybridized carbons (Fsp3) is 0.350. The second-order valence-electron chi connectivity index (χ2n) is 7.31. The predicted octanol–water partition coefficient (Wildman–Crippen LogP) is 2.50. The Kier molecular flexibility index (Phi) is 5.20. The van der Waals surface area contributed by atoms with Crippen LogP contribution < -0.4 is 5.73 Å². The van der Waals surface area contributed by atoms with E-state index in [0.717, 1.165) is 22.1 Å². The van der Waals surface area contributed by atoms with Crippen LogP contribution in [-0.2, 0) is 18.3 Å². The van der Waals surface area contributed by atoms with Crippen LogP contribution in [0.15, 0.2) is 36.7 Å². The van der Waals surface area contributed by atoms with E-state index in [1.54, 1.807) is 35.0 Å². The minimum absolute atomic E-state index is 0.0208. The van der Waals surface area contributed by atoms with Crippen molar-refractivity contribution in [2.75, 3.05) is 19.7 Å². The lowest BCUT2D eigenvalue weighted by molar-refractivity contribution is -0.237. The maximum Gasteiger partial charge on any atom is 0.415 e. The highest BCUT2D eigenvalue weighted by Gasteiger charge is 2.43. The summed E-state index contributed by atoms with van der Waals surface area (Å²) in [6.45, 7) is 0.515. The van der Waals surface area contributed by atoms with Gasteiger partial charge in [0.15, 0.2) is 6.10 Å². The Morgan fingerprint density at radius 1 is 1.33 bits per heavy atom. The van der Waals surface area contributed by atoms with Crippen LogP contribution in [0, 0.1) is 0 Å². The number of benzene rings is 1. The number of carbonyl (C=O) groups is 1. The minimum Gasteiger partial charge on any atom is -0.366 e. The first kappa shape index (κ1) is 20.3. The average Bonchev–Trinajstić information content (AvgIpc) is 3.12. The van der Waals surface area contributed by atoms with Gasteiger partial charge in [0, 0.05) is 43.8 Å². The molecule has 1 amide bonds. The van der Waals surface area contributed by atoms with Crippen molar-refractivity contribution in [3.63, 3.8) is 0 Å². The van der Waals surface area contributed by atoms with Crippen LogP contribution in [0.3, 0.4) is 0 Å². The third-order valence-electron chi connectivity index (χ3n) is 5.06. The van der Waals surface area contributed by atoms with Crippen LogP contribution in [-0.4, -0.2) is 57.5 Å². The van der Waals surface area contributed by atoms with Crippen LogP contribution >= 0.6 is 0 Å². The van der Waals surface area contributed by atoms with E-state index in [4.69, 9.17) is 10.5 Å². The molecule has 1 atom stereocenters. The van der Waals surface area contributed by atoms with Crippen molar-refractivity contribution in [3.05, 3.63) is 47.9 Å². The van der Waals surface area contributed by atoms with Crippen LogP contribution in [0.2, 0.25) is 0 Å². The van der Waals surface area contributed by atoms with Crippen LogP contribution in [0.5, 0.6) is 0 Å². The van der Waals surface area contributed by atoms with Crippen molar-refractivity contribution < 1.29 is 22.7 Å². The first-order valence-corrected chi connectivity index (χ1v) is 9.34. The number of nitrogens with zero attached hydrogens (tertiary/aromatic N) is 4. The number of fused-ring (bicyclic) bond motifs is 1. The van der Waals surface area contributed by atoms with Crippen molar-refractivity contribution in [1.82, 2.24) is 19.7 Å². The number of hydrogen-bond acceptors (Lipinski definition) is 5. The van der Waals surface area contributed by atoms with Gasteiger partial charge in [0.05, 0.1) is 18.3 Å². The van der Waals surface area contributed by atoms with Gasteiger partial charge in [-0.05, 0) is 23.3 Å². The molecule has 1 aliphatic rings. The Morgan fingerprint density at radius 3 is 2.80 bits per heavy atom. The van der Waals surface area contributed by atoms with Gasteiger partial charge in [-0.15, -0.1) is 0 Å². The Balaban J connectivity index is 1.67. The van der Waals surface area contributed by atoms with E-state index in [1.807, 2.05) is 18.3 Å². The highest BCUT2D eigenvalue weighted by atomic mass is 19.4. The second-order valence-corrected chi connectivity index (χ2v) is 7.31. The molecule has 30 heavy (non-hydrogen) atoms. The maximum atomic E-state index is 13.0. The number of aromatic nitrogens is 3. The molecule has 0 unspecified atom stereocenters. The number of amides is 1. The molecule has 7 nitrogen and oxygen atoms in total. The molecular formula is C20H20F3N5O2. The van der Waals surface area contributed by atoms with Crippen molar-refractivity contribution in [2.45, 2.75) is 18.8 Å². The van der Waals surface area contributed by atoms with Crippen LogP contribution in [0.4, 0.5) is 13.2 Å². The van der Waals surface area contributed by atoms with Gasteiger partial charge in [-0.1, -0.05) is 12.1 Å². The summed E-state index contributed by atoms with van der Waals surface area (Å²) < 4.78 is 45.4. The number of pyridine rings is 1. The molecule has 0 spiro atoms. The van der Waals surface area contributed by atoms with Crippen LogP contribution in [0.1, 0.15) is 16.1 Å². The molecule has 1 aromatic carbocycles. The second kappa shape index (κ2) is 7.69. The summed E-state index contributed by atoms with van der Waals surface area (Å²) in [5.41, 5.74) is 8.46. The van der Waals surface area contributed by atoms with Crippen LogP contribution in [0.25, 0.3) is 22.0 Å². The average molecular weight is 419 g/mol. The minimum atomic E-state index is -4.39. The normalized spacial score (nSPS) is 18.1. The topological polar surface area (TPSA) is 86.3 Å². The first-order chi connectivity index (χ1) is 14.2. The standard InChI is InChI=1S/C20H20F3N5O2/c1-27-10-13(8-25-27)15-7-17(19(24)29)26-16-6-12(2-3-14(15)16)9-28-4-5-30-18(11-28)20(21,22)23/h2-3,6-8,10,18H,4-5,9,11H2,1H3,(H2,24,29)/t18-/m1/s1. The number of primary amides is 1. The molecule has 0 aliphatic carbocycles. The zero-order chi connectivity index (χ0) is 21.5. The van der Waals surface area contributed by atoms with Gasteiger partial charge in [-0.3, -0.25) is 14.4 Å². The molecular weight excluding hydrogens is 399 g/mol. The van der Waals surface area contributed by atoms with E-state index in [9.17, 15) is 18.0 Å². The number of morpholine rings is 1. The van der Waals surface area contributed by atoms with Gasteiger partial charge in [-0.25, -0.2) is 4.98 Å². The highest BCUT2D eigenvalue weighted by molar-refractivity contribution is 6.00. The lowest BCUT2D eigenvalue weighted by Crippen LogP contribution is -2.48. The number of alkyl halides is 3. The van der Waals surface area contributed by atoms with E-state index < -0.39 is 18.2 Å². The molecule has 0 radical (unpaired) electrons. The zero-order valence-corrected chi connectivity index (χ0v) is 16.2. The number of rotatable bonds is 4. The molecule has 2 N–H and O–H groups in total. The van der Waals surface area contributed by atoms with Crippen molar-refractivity contribution in [1.29, 1.82) is 0 Å². The largest absolute Gasteiger partial charge is 0.415 e. The van der Waals surface area contributed by atoms with Gasteiger partial charge < -0.3 is 10.5 Å². The van der Waals surface area contributed by atoms with Crippen molar-refractivity contribution >= 4 is 16.8 Å². The lowest BCUT2D eigenvalue weighted by Gasteiger charge is -2.33. The van der Waals surface area contributed by atoms with E-state index >= 15 is 0 Å². The number of carbonyl (C=O) groups excluding carboxylic acids is 1. The Morgan fingerprint density at radius 2 is 2.13 bits per heavy atom. The van der Waals surface area contributed by atoms with Gasteiger partial charge in [0.2, 0.25) is 0 Å². The summed E-state index contributed by atoms with van der Waals surface area (Å²) in [6.07, 6.45) is -2.68. The first-order valence-electron chi connectivity index (χ1n) is 9.34. The molecule has 0 bridgehead atoms. The lowest BCUT2D eigenvalue weighted by atomic mass is 10.0. The SMILES string of the molecule is Cn1cc(-c2cc(C(N)=O)nc3cc(CN4CCO[C@@H](C(F)(F)F)C4)ccc23)cn1. The van der Waals surface area contributed by atoms with Gasteiger partial charge in [0.25, 0.3) is 5.91 Å². The number of ether oxygens (including phenoxy) is 1. The molecule has 2 aromatic heterocycles. The van der Waals surface area contributed by atoms with Crippen molar-refractivity contribution in [3.8, 4) is 11.1 Å². The fourth-order valence-electron chi connectivity index (χ4n) is 3.60. The molecule has 158 valence electrons. The number of aryl methyl sites for hydroxylation is 1. The third-order valence-corrected chi connectivity index (χ3v) is 5.06. The Hall–Kier alpha value is -2.98. The fourth-order valence-corrected chi connectivity index (χ4v) is 3.60. The summed E-state index contributed by atoms with van der Waals surface area (Å²) in [4.78, 5) is 17.8. The predicted molar refractivity (Wildman–Crippen MR) is 104 cm³/mol. The van der Waals surface area contributed by atoms with Gasteiger partial charge in [0.1, 0.15) is 5.69 Å². The van der Waals surface area contributed by atoms with E-state index in [-0.39, 0.29) is 18.8 Å². The third kappa shape index (κ3) is 4.14. The molecule has 1 aliphatic heterocycles. The number of hydrogen-bond donors (Lipinski definition) is 1.